The van der Waals surface area contributed by atoms with E-state index in [-0.39, 0.29) is 12.2 Å². The van der Waals surface area contributed by atoms with Crippen molar-refractivity contribution in [3.63, 3.8) is 0 Å². The Kier molecular flexibility index (Phi) is 5.94. The van der Waals surface area contributed by atoms with Gasteiger partial charge >= 0.3 is 5.97 Å². The molecule has 0 aliphatic rings. The van der Waals surface area contributed by atoms with Crippen molar-refractivity contribution in [1.29, 1.82) is 0 Å². The average Bonchev–Trinajstić information content (AvgIpc) is 2.62. The lowest BCUT2D eigenvalue weighted by Crippen LogP contribution is -2.04. The lowest BCUT2D eigenvalue weighted by Gasteiger charge is -2.13. The van der Waals surface area contributed by atoms with Crippen molar-refractivity contribution in [3.05, 3.63) is 88.7 Å². The quantitative estimate of drug-likeness (QED) is 0.563. The Bertz CT molecular complexity index is 962. The molecule has 0 saturated heterocycles. The molecule has 0 unspecified atom stereocenters. The van der Waals surface area contributed by atoms with Crippen molar-refractivity contribution in [2.24, 2.45) is 0 Å². The van der Waals surface area contributed by atoms with E-state index in [1.54, 1.807) is 48.5 Å². The minimum atomic E-state index is -0.894. The van der Waals surface area contributed by atoms with Gasteiger partial charge < -0.3 is 15.2 Å². The number of rotatable bonds is 7. The molecule has 4 nitrogen and oxygen atoms in total. The molecule has 0 aliphatic heterocycles. The molecule has 27 heavy (non-hydrogen) atoms. The molecule has 0 saturated carbocycles. The van der Waals surface area contributed by atoms with Crippen molar-refractivity contribution < 1.29 is 19.0 Å². The summed E-state index contributed by atoms with van der Waals surface area (Å²) in [5, 5.41) is 12.6. The van der Waals surface area contributed by atoms with Crippen LogP contribution in [0.25, 0.3) is 0 Å². The minimum absolute atomic E-state index is 0.0569. The largest absolute Gasteiger partial charge is 0.481 e. The van der Waals surface area contributed by atoms with Crippen molar-refractivity contribution >= 4 is 23.3 Å². The van der Waals surface area contributed by atoms with Crippen LogP contribution in [0.4, 0.5) is 10.1 Å². The Morgan fingerprint density at radius 3 is 2.67 bits per heavy atom. The molecule has 0 heterocycles. The number of carbonyl (C=O) groups is 1. The van der Waals surface area contributed by atoms with Crippen LogP contribution in [0.2, 0.25) is 5.02 Å². The number of aliphatic carboxylic acids is 1. The summed E-state index contributed by atoms with van der Waals surface area (Å²) in [4.78, 5) is 10.9. The summed E-state index contributed by atoms with van der Waals surface area (Å²) in [7, 11) is 0. The summed E-state index contributed by atoms with van der Waals surface area (Å²) >= 11 is 5.97. The highest BCUT2D eigenvalue weighted by Crippen LogP contribution is 2.28. The van der Waals surface area contributed by atoms with Crippen LogP contribution in [-0.4, -0.2) is 11.1 Å². The van der Waals surface area contributed by atoms with Crippen LogP contribution in [0.5, 0.6) is 11.5 Å². The van der Waals surface area contributed by atoms with Crippen LogP contribution >= 0.6 is 11.6 Å². The van der Waals surface area contributed by atoms with Crippen molar-refractivity contribution in [2.75, 3.05) is 5.32 Å². The summed E-state index contributed by atoms with van der Waals surface area (Å²) in [6.45, 7) is 0.310. The van der Waals surface area contributed by atoms with Gasteiger partial charge in [0.2, 0.25) is 0 Å². The summed E-state index contributed by atoms with van der Waals surface area (Å²) in [6.07, 6.45) is -0.0569. The Morgan fingerprint density at radius 2 is 1.89 bits per heavy atom. The van der Waals surface area contributed by atoms with Crippen LogP contribution in [-0.2, 0) is 17.8 Å². The second kappa shape index (κ2) is 8.56. The number of anilines is 1. The zero-order valence-electron chi connectivity index (χ0n) is 14.3. The monoisotopic (exact) mass is 385 g/mol. The Hall–Kier alpha value is -3.05. The fraction of sp³-hybridized carbons (Fsp3) is 0.0952. The number of nitrogens with one attached hydrogen (secondary N) is 1. The third kappa shape index (κ3) is 5.46. The molecule has 138 valence electrons. The fourth-order valence-corrected chi connectivity index (χ4v) is 2.79. The lowest BCUT2D eigenvalue weighted by molar-refractivity contribution is -0.136. The van der Waals surface area contributed by atoms with Crippen LogP contribution < -0.4 is 10.1 Å². The number of hydrogen-bond acceptors (Lipinski definition) is 3. The predicted octanol–water partition coefficient (Wildman–Crippen LogP) is 5.51. The molecule has 2 N–H and O–H groups in total. The molecule has 0 fully saturated rings. The van der Waals surface area contributed by atoms with Gasteiger partial charge in [-0.1, -0.05) is 29.8 Å². The molecule has 3 rings (SSSR count). The molecule has 0 aliphatic carbocycles. The average molecular weight is 386 g/mol. The molecule has 6 heteroatoms. The first-order valence-electron chi connectivity index (χ1n) is 8.26. The number of hydrogen-bond donors (Lipinski definition) is 2. The smallest absolute Gasteiger partial charge is 0.307 e. The summed E-state index contributed by atoms with van der Waals surface area (Å²) in [5.74, 6) is -0.203. The molecular weight excluding hydrogens is 369 g/mol. The van der Waals surface area contributed by atoms with Gasteiger partial charge in [0.15, 0.2) is 0 Å². The van der Waals surface area contributed by atoms with Crippen LogP contribution in [0.3, 0.4) is 0 Å². The van der Waals surface area contributed by atoms with Crippen molar-refractivity contribution in [1.82, 2.24) is 0 Å². The molecule has 0 atom stereocenters. The van der Waals surface area contributed by atoms with Crippen molar-refractivity contribution in [2.45, 2.75) is 13.0 Å². The Morgan fingerprint density at radius 1 is 1.07 bits per heavy atom. The first-order valence-corrected chi connectivity index (χ1v) is 8.64. The van der Waals surface area contributed by atoms with Crippen LogP contribution in [0.15, 0.2) is 66.7 Å². The highest BCUT2D eigenvalue weighted by atomic mass is 35.5. The maximum absolute atomic E-state index is 13.7. The number of carboxylic acid groups (broad SMARTS) is 1. The van der Waals surface area contributed by atoms with E-state index < -0.39 is 5.97 Å². The Labute approximate surface area is 161 Å². The van der Waals surface area contributed by atoms with Gasteiger partial charge in [-0.2, -0.15) is 0 Å². The summed E-state index contributed by atoms with van der Waals surface area (Å²) in [6, 6.07) is 18.3. The van der Waals surface area contributed by atoms with Gasteiger partial charge in [-0.25, -0.2) is 4.39 Å². The molecule has 0 aromatic heterocycles. The predicted molar refractivity (Wildman–Crippen MR) is 103 cm³/mol. The summed E-state index contributed by atoms with van der Waals surface area (Å²) in [5.41, 5.74) is 2.05. The van der Waals surface area contributed by atoms with E-state index in [0.29, 0.717) is 34.2 Å². The first-order chi connectivity index (χ1) is 13.0. The van der Waals surface area contributed by atoms with E-state index in [2.05, 4.69) is 5.32 Å². The third-order valence-corrected chi connectivity index (χ3v) is 4.05. The van der Waals surface area contributed by atoms with Crippen LogP contribution in [0.1, 0.15) is 11.1 Å². The van der Waals surface area contributed by atoms with E-state index >= 15 is 0 Å². The van der Waals surface area contributed by atoms with Crippen molar-refractivity contribution in [3.8, 4) is 11.5 Å². The SMILES string of the molecule is O=C(O)Cc1cccc(NCc2cc(F)ccc2Oc2cccc(Cl)c2)c1. The normalized spacial score (nSPS) is 10.4. The van der Waals surface area contributed by atoms with Gasteiger partial charge in [0.05, 0.1) is 6.42 Å². The fourth-order valence-electron chi connectivity index (χ4n) is 2.61. The zero-order chi connectivity index (χ0) is 19.2. The number of halogens is 2. The van der Waals surface area contributed by atoms with Gasteiger partial charge in [-0.3, -0.25) is 4.79 Å². The van der Waals surface area contributed by atoms with E-state index in [1.807, 2.05) is 6.07 Å². The highest BCUT2D eigenvalue weighted by Gasteiger charge is 2.08. The minimum Gasteiger partial charge on any atom is -0.481 e. The second-order valence-electron chi connectivity index (χ2n) is 5.94. The zero-order valence-corrected chi connectivity index (χ0v) is 15.0. The van der Waals surface area contributed by atoms with Crippen LogP contribution in [0, 0.1) is 5.82 Å². The second-order valence-corrected chi connectivity index (χ2v) is 6.37. The van der Waals surface area contributed by atoms with E-state index in [1.165, 1.54) is 12.1 Å². The van der Waals surface area contributed by atoms with Gasteiger partial charge in [0, 0.05) is 22.8 Å². The number of carboxylic acids is 1. The van der Waals surface area contributed by atoms with E-state index in [4.69, 9.17) is 21.4 Å². The van der Waals surface area contributed by atoms with Gasteiger partial charge in [-0.15, -0.1) is 0 Å². The van der Waals surface area contributed by atoms with E-state index in [0.717, 1.165) is 5.69 Å². The third-order valence-electron chi connectivity index (χ3n) is 3.81. The topological polar surface area (TPSA) is 58.6 Å². The van der Waals surface area contributed by atoms with Gasteiger partial charge in [-0.05, 0) is 54.1 Å². The standard InChI is InChI=1S/C21H17ClFNO3/c22-16-4-2-6-19(12-16)27-20-8-7-17(23)11-15(20)13-24-18-5-1-3-14(9-18)10-21(25)26/h1-9,11-12,24H,10,13H2,(H,25,26). The number of benzene rings is 3. The summed E-state index contributed by atoms with van der Waals surface area (Å²) < 4.78 is 19.6. The molecular formula is C21H17ClFNO3. The molecule has 3 aromatic carbocycles. The Balaban J connectivity index is 1.76. The highest BCUT2D eigenvalue weighted by molar-refractivity contribution is 6.30. The molecule has 0 amide bonds. The maximum atomic E-state index is 13.7. The first kappa shape index (κ1) is 18.7. The molecule has 0 bridgehead atoms. The molecule has 0 spiro atoms. The van der Waals surface area contributed by atoms with Gasteiger partial charge in [0.25, 0.3) is 0 Å². The lowest BCUT2D eigenvalue weighted by atomic mass is 10.1. The molecule has 3 aromatic rings. The van der Waals surface area contributed by atoms with Gasteiger partial charge in [0.1, 0.15) is 17.3 Å². The number of ether oxygens (including phenoxy) is 1. The molecule has 0 radical (unpaired) electrons. The van der Waals surface area contributed by atoms with E-state index in [9.17, 15) is 9.18 Å². The maximum Gasteiger partial charge on any atom is 0.307 e.